The summed E-state index contributed by atoms with van der Waals surface area (Å²) in [6.07, 6.45) is 7.67. The van der Waals surface area contributed by atoms with Gasteiger partial charge < -0.3 is 9.88 Å². The van der Waals surface area contributed by atoms with E-state index >= 15 is 0 Å². The van der Waals surface area contributed by atoms with Crippen LogP contribution in [-0.4, -0.2) is 44.3 Å². The van der Waals surface area contributed by atoms with Crippen LogP contribution < -0.4 is 0 Å². The van der Waals surface area contributed by atoms with Crippen molar-refractivity contribution in [3.8, 4) is 10.7 Å². The molecule has 0 fully saturated rings. The van der Waals surface area contributed by atoms with Crippen molar-refractivity contribution in [1.82, 2.24) is 24.8 Å². The summed E-state index contributed by atoms with van der Waals surface area (Å²) in [5.41, 5.74) is 3.44. The van der Waals surface area contributed by atoms with Crippen molar-refractivity contribution in [3.05, 3.63) is 65.7 Å². The van der Waals surface area contributed by atoms with Gasteiger partial charge in [0.05, 0.1) is 6.20 Å². The van der Waals surface area contributed by atoms with Crippen molar-refractivity contribution in [2.45, 2.75) is 6.42 Å². The monoisotopic (exact) mass is 363 g/mol. The Morgan fingerprint density at radius 3 is 3.00 bits per heavy atom. The molecule has 3 heterocycles. The van der Waals surface area contributed by atoms with Crippen molar-refractivity contribution in [2.24, 2.45) is 0 Å². The summed E-state index contributed by atoms with van der Waals surface area (Å²) in [6, 6.07) is 8.18. The Balaban J connectivity index is 1.44. The molecule has 0 bridgehead atoms. The van der Waals surface area contributed by atoms with Gasteiger partial charge >= 0.3 is 0 Å². The number of carbonyl (C=O) groups is 1. The number of para-hydroxylation sites is 1. The number of fused-ring (bicyclic) bond motifs is 1. The summed E-state index contributed by atoms with van der Waals surface area (Å²) in [5.74, 6) is -0.0868. The predicted octanol–water partition coefficient (Wildman–Crippen LogP) is 3.40. The fourth-order valence-corrected chi connectivity index (χ4v) is 3.58. The van der Waals surface area contributed by atoms with Crippen LogP contribution in [0.2, 0.25) is 0 Å². The molecule has 0 atom stereocenters. The zero-order valence-electron chi connectivity index (χ0n) is 14.2. The largest absolute Gasteiger partial charge is 0.361 e. The molecule has 6 nitrogen and oxygen atoms in total. The van der Waals surface area contributed by atoms with Crippen LogP contribution in [0.1, 0.15) is 16.1 Å². The Morgan fingerprint density at radius 2 is 2.15 bits per heavy atom. The lowest BCUT2D eigenvalue weighted by Gasteiger charge is -2.15. The molecular weight excluding hydrogens is 346 g/mol. The molecule has 0 saturated heterocycles. The molecule has 7 heteroatoms. The second kappa shape index (κ2) is 7.05. The van der Waals surface area contributed by atoms with E-state index in [0.29, 0.717) is 22.9 Å². The molecule has 0 radical (unpaired) electrons. The molecule has 0 saturated carbocycles. The van der Waals surface area contributed by atoms with Crippen LogP contribution >= 0.6 is 11.3 Å². The van der Waals surface area contributed by atoms with Crippen molar-refractivity contribution < 1.29 is 4.79 Å². The first kappa shape index (κ1) is 16.4. The first-order valence-corrected chi connectivity index (χ1v) is 9.13. The molecule has 0 spiro atoms. The Bertz CT molecular complexity index is 1040. The topological polar surface area (TPSA) is 74.8 Å². The van der Waals surface area contributed by atoms with E-state index in [4.69, 9.17) is 0 Å². The minimum Gasteiger partial charge on any atom is -0.361 e. The molecule has 0 aliphatic rings. The lowest BCUT2D eigenvalue weighted by molar-refractivity contribution is 0.0792. The highest BCUT2D eigenvalue weighted by atomic mass is 32.1. The van der Waals surface area contributed by atoms with E-state index in [-0.39, 0.29) is 5.91 Å². The van der Waals surface area contributed by atoms with Crippen LogP contribution in [0.3, 0.4) is 0 Å². The number of nitrogens with zero attached hydrogens (tertiary/aromatic N) is 4. The fourth-order valence-electron chi connectivity index (χ4n) is 2.82. The van der Waals surface area contributed by atoms with Crippen LogP contribution in [-0.2, 0) is 6.42 Å². The highest BCUT2D eigenvalue weighted by molar-refractivity contribution is 7.13. The molecule has 4 rings (SSSR count). The lowest BCUT2D eigenvalue weighted by atomic mass is 10.1. The first-order chi connectivity index (χ1) is 12.7. The van der Waals surface area contributed by atoms with Crippen molar-refractivity contribution in [2.75, 3.05) is 13.6 Å². The number of aromatic amines is 1. The summed E-state index contributed by atoms with van der Waals surface area (Å²) in [5, 5.41) is 3.67. The summed E-state index contributed by atoms with van der Waals surface area (Å²) in [6.45, 7) is 0.624. The fraction of sp³-hybridized carbons (Fsp3) is 0.158. The van der Waals surface area contributed by atoms with Gasteiger partial charge in [0.25, 0.3) is 5.91 Å². The molecular formula is C19H17N5OS. The van der Waals surface area contributed by atoms with Gasteiger partial charge in [0, 0.05) is 48.5 Å². The molecule has 130 valence electrons. The Kier molecular flexibility index (Phi) is 4.45. The van der Waals surface area contributed by atoms with Gasteiger partial charge in [-0.3, -0.25) is 14.8 Å². The number of likely N-dealkylation sites (N-methyl/N-ethyl adjacent to an activating group) is 1. The van der Waals surface area contributed by atoms with Crippen LogP contribution in [0.25, 0.3) is 21.6 Å². The summed E-state index contributed by atoms with van der Waals surface area (Å²) < 4.78 is 0. The minimum atomic E-state index is -0.0868. The summed E-state index contributed by atoms with van der Waals surface area (Å²) in [7, 11) is 1.80. The molecule has 1 N–H and O–H groups in total. The van der Waals surface area contributed by atoms with Gasteiger partial charge in [-0.25, -0.2) is 4.98 Å². The number of thiazole rings is 1. The molecule has 4 aromatic rings. The van der Waals surface area contributed by atoms with E-state index in [2.05, 4.69) is 32.1 Å². The summed E-state index contributed by atoms with van der Waals surface area (Å²) in [4.78, 5) is 30.3. The SMILES string of the molecule is CN(CCc1c[nH]c2ccccc12)C(=O)c1csc(-c2cnccn2)n1. The molecule has 0 aliphatic carbocycles. The van der Waals surface area contributed by atoms with Crippen LogP contribution in [0.5, 0.6) is 0 Å². The highest BCUT2D eigenvalue weighted by Gasteiger charge is 2.17. The lowest BCUT2D eigenvalue weighted by Crippen LogP contribution is -2.29. The molecule has 0 unspecified atom stereocenters. The second-order valence-electron chi connectivity index (χ2n) is 5.96. The van der Waals surface area contributed by atoms with Gasteiger partial charge in [0.15, 0.2) is 0 Å². The zero-order valence-corrected chi connectivity index (χ0v) is 15.0. The highest BCUT2D eigenvalue weighted by Crippen LogP contribution is 2.22. The third-order valence-corrected chi connectivity index (χ3v) is 5.11. The Labute approximate surface area is 154 Å². The zero-order chi connectivity index (χ0) is 17.9. The van der Waals surface area contributed by atoms with Crippen molar-refractivity contribution >= 4 is 28.1 Å². The minimum absolute atomic E-state index is 0.0868. The van der Waals surface area contributed by atoms with Crippen LogP contribution in [0, 0.1) is 0 Å². The van der Waals surface area contributed by atoms with E-state index in [0.717, 1.165) is 11.9 Å². The number of hydrogen-bond donors (Lipinski definition) is 1. The Hall–Kier alpha value is -3.06. The average molecular weight is 363 g/mol. The van der Waals surface area contributed by atoms with Gasteiger partial charge in [-0.15, -0.1) is 11.3 Å². The van der Waals surface area contributed by atoms with E-state index in [9.17, 15) is 4.79 Å². The number of amides is 1. The van der Waals surface area contributed by atoms with Crippen LogP contribution in [0.4, 0.5) is 0 Å². The normalized spacial score (nSPS) is 11.0. The third kappa shape index (κ3) is 3.21. The van der Waals surface area contributed by atoms with Crippen LogP contribution in [0.15, 0.2) is 54.4 Å². The van der Waals surface area contributed by atoms with Gasteiger partial charge in [-0.2, -0.15) is 0 Å². The molecule has 0 aliphatic heterocycles. The number of aromatic nitrogens is 4. The quantitative estimate of drug-likeness (QED) is 0.590. The van der Waals surface area contributed by atoms with Crippen molar-refractivity contribution in [1.29, 1.82) is 0 Å². The third-order valence-electron chi connectivity index (χ3n) is 4.24. The molecule has 3 aromatic heterocycles. The van der Waals surface area contributed by atoms with E-state index < -0.39 is 0 Å². The Morgan fingerprint density at radius 1 is 1.27 bits per heavy atom. The van der Waals surface area contributed by atoms with E-state index in [1.807, 2.05) is 18.3 Å². The van der Waals surface area contributed by atoms with Gasteiger partial charge in [-0.05, 0) is 18.1 Å². The number of hydrogen-bond acceptors (Lipinski definition) is 5. The van der Waals surface area contributed by atoms with Gasteiger partial charge in [-0.1, -0.05) is 18.2 Å². The number of carbonyl (C=O) groups excluding carboxylic acids is 1. The van der Waals surface area contributed by atoms with Gasteiger partial charge in [0.1, 0.15) is 16.4 Å². The number of H-pyrrole nitrogens is 1. The summed E-state index contributed by atoms with van der Waals surface area (Å²) >= 11 is 1.40. The van der Waals surface area contributed by atoms with Gasteiger partial charge in [0.2, 0.25) is 0 Å². The average Bonchev–Trinajstić information content (AvgIpc) is 3.34. The smallest absolute Gasteiger partial charge is 0.273 e. The van der Waals surface area contributed by atoms with Crippen molar-refractivity contribution in [3.63, 3.8) is 0 Å². The van der Waals surface area contributed by atoms with E-state index in [1.54, 1.807) is 35.9 Å². The molecule has 1 amide bonds. The standard InChI is InChI=1S/C19H17N5OS/c1-24(9-6-13-10-22-15-5-3-2-4-14(13)15)19(25)17-12-26-18(23-17)16-11-20-7-8-21-16/h2-5,7-8,10-12,22H,6,9H2,1H3. The predicted molar refractivity (Wildman–Crippen MR) is 102 cm³/mol. The molecule has 1 aromatic carbocycles. The van der Waals surface area contributed by atoms with E-state index in [1.165, 1.54) is 22.3 Å². The maximum absolute atomic E-state index is 12.6. The molecule has 26 heavy (non-hydrogen) atoms. The maximum Gasteiger partial charge on any atom is 0.273 e. The maximum atomic E-state index is 12.6. The second-order valence-corrected chi connectivity index (χ2v) is 6.82. The first-order valence-electron chi connectivity index (χ1n) is 8.25. The number of rotatable bonds is 5. The number of nitrogens with one attached hydrogen (secondary N) is 1. The number of benzene rings is 1.